The molecule has 5 heteroatoms. The molecule has 1 aliphatic carbocycles. The molecule has 1 fully saturated rings. The van der Waals surface area contributed by atoms with Gasteiger partial charge in [-0.15, -0.1) is 6.58 Å². The van der Waals surface area contributed by atoms with Gasteiger partial charge in [0.2, 0.25) is 0 Å². The first-order valence-corrected chi connectivity index (χ1v) is 11.2. The molecule has 0 spiro atoms. The predicted molar refractivity (Wildman–Crippen MR) is 130 cm³/mol. The summed E-state index contributed by atoms with van der Waals surface area (Å²) >= 11 is 0. The lowest BCUT2D eigenvalue weighted by molar-refractivity contribution is 0.118. The molecule has 1 aliphatic rings. The molecule has 1 saturated carbocycles. The van der Waals surface area contributed by atoms with Crippen molar-refractivity contribution in [3.63, 3.8) is 0 Å². The summed E-state index contributed by atoms with van der Waals surface area (Å²) in [5.74, 6) is 1.65. The maximum absolute atomic E-state index is 13.1. The van der Waals surface area contributed by atoms with Gasteiger partial charge >= 0.3 is 0 Å². The van der Waals surface area contributed by atoms with Crippen LogP contribution in [0, 0.1) is 6.92 Å². The van der Waals surface area contributed by atoms with Crippen LogP contribution in [0.15, 0.2) is 66.1 Å². The van der Waals surface area contributed by atoms with Gasteiger partial charge in [-0.2, -0.15) is 0 Å². The van der Waals surface area contributed by atoms with Crippen LogP contribution < -0.4 is 20.8 Å². The Morgan fingerprint density at radius 3 is 2.56 bits per heavy atom. The van der Waals surface area contributed by atoms with Gasteiger partial charge in [0, 0.05) is 17.1 Å². The van der Waals surface area contributed by atoms with E-state index < -0.39 is 0 Å². The van der Waals surface area contributed by atoms with E-state index in [1.54, 1.807) is 11.7 Å². The third-order valence-electron chi connectivity index (χ3n) is 6.56. The number of aromatic nitrogens is 1. The third kappa shape index (κ3) is 4.73. The quantitative estimate of drug-likeness (QED) is 0.536. The normalized spacial score (nSPS) is 20.8. The van der Waals surface area contributed by atoms with Crippen LogP contribution >= 0.6 is 0 Å². The van der Waals surface area contributed by atoms with E-state index in [2.05, 4.69) is 6.58 Å². The zero-order valence-electron chi connectivity index (χ0n) is 19.0. The van der Waals surface area contributed by atoms with E-state index in [4.69, 9.17) is 15.2 Å². The molecular weight excluding hydrogens is 400 g/mol. The Morgan fingerprint density at radius 2 is 1.91 bits per heavy atom. The van der Waals surface area contributed by atoms with Gasteiger partial charge in [-0.3, -0.25) is 4.79 Å². The van der Waals surface area contributed by atoms with Crippen LogP contribution in [0.1, 0.15) is 43.2 Å². The van der Waals surface area contributed by atoms with E-state index in [1.165, 1.54) is 0 Å². The highest BCUT2D eigenvalue weighted by molar-refractivity contribution is 5.84. The van der Waals surface area contributed by atoms with Crippen molar-refractivity contribution in [1.82, 2.24) is 4.57 Å². The number of ether oxygens (including phenoxy) is 2. The minimum absolute atomic E-state index is 0.00275. The fraction of sp³-hybridized carbons (Fsp3) is 0.370. The van der Waals surface area contributed by atoms with E-state index >= 15 is 0 Å². The topological polar surface area (TPSA) is 66.5 Å². The van der Waals surface area contributed by atoms with Gasteiger partial charge in [-0.05, 0) is 85.9 Å². The summed E-state index contributed by atoms with van der Waals surface area (Å²) in [4.78, 5) is 13.1. The molecular formula is C27H32N2O3. The van der Waals surface area contributed by atoms with Gasteiger partial charge in [0.1, 0.15) is 11.5 Å². The largest absolute Gasteiger partial charge is 0.497 e. The molecule has 2 aromatic carbocycles. The van der Waals surface area contributed by atoms with Crippen molar-refractivity contribution in [2.75, 3.05) is 7.11 Å². The minimum atomic E-state index is -0.144. The summed E-state index contributed by atoms with van der Waals surface area (Å²) in [6.45, 7) is 6.35. The molecule has 3 aromatic rings. The number of aryl methyl sites for hydroxylation is 1. The van der Waals surface area contributed by atoms with Crippen molar-refractivity contribution >= 4 is 10.8 Å². The molecule has 1 aromatic heterocycles. The number of nitrogens with two attached hydrogens (primary N) is 1. The summed E-state index contributed by atoms with van der Waals surface area (Å²) < 4.78 is 13.3. The third-order valence-corrected chi connectivity index (χ3v) is 6.56. The Hall–Kier alpha value is -3.05. The predicted octanol–water partition coefficient (Wildman–Crippen LogP) is 4.96. The maximum atomic E-state index is 13.1. The van der Waals surface area contributed by atoms with Crippen LogP contribution in [-0.2, 0) is 6.54 Å². The van der Waals surface area contributed by atoms with Crippen molar-refractivity contribution in [2.45, 2.75) is 57.2 Å². The summed E-state index contributed by atoms with van der Waals surface area (Å²) in [5.41, 5.74) is 8.35. The lowest BCUT2D eigenvalue weighted by atomic mass is 9.79. The van der Waals surface area contributed by atoms with Crippen molar-refractivity contribution < 1.29 is 9.47 Å². The highest BCUT2D eigenvalue weighted by atomic mass is 16.5. The van der Waals surface area contributed by atoms with Crippen LogP contribution in [0.3, 0.4) is 0 Å². The average molecular weight is 433 g/mol. The number of rotatable bonds is 7. The SMILES string of the molecule is C=CCC1(N)CCC(Oc2cc3ccn(Cc4ccc(OC)cc4)c(=O)c3cc2C)CC1. The molecule has 5 nitrogen and oxygen atoms in total. The van der Waals surface area contributed by atoms with Gasteiger partial charge in [-0.25, -0.2) is 0 Å². The van der Waals surface area contributed by atoms with E-state index in [-0.39, 0.29) is 17.2 Å². The Bertz CT molecular complexity index is 1160. The molecule has 0 saturated heterocycles. The summed E-state index contributed by atoms with van der Waals surface area (Å²) in [5, 5.41) is 1.61. The van der Waals surface area contributed by atoms with Crippen LogP contribution in [-0.4, -0.2) is 23.3 Å². The number of hydrogen-bond acceptors (Lipinski definition) is 4. The molecule has 2 N–H and O–H groups in total. The van der Waals surface area contributed by atoms with Gasteiger partial charge in [0.25, 0.3) is 5.56 Å². The lowest BCUT2D eigenvalue weighted by Gasteiger charge is -2.36. The average Bonchev–Trinajstić information content (AvgIpc) is 2.79. The van der Waals surface area contributed by atoms with Crippen LogP contribution in [0.2, 0.25) is 0 Å². The lowest BCUT2D eigenvalue weighted by Crippen LogP contribution is -2.44. The number of pyridine rings is 1. The Balaban J connectivity index is 1.52. The number of nitrogens with zero attached hydrogens (tertiary/aromatic N) is 1. The maximum Gasteiger partial charge on any atom is 0.258 e. The highest BCUT2D eigenvalue weighted by Gasteiger charge is 2.31. The first-order chi connectivity index (χ1) is 15.4. The minimum Gasteiger partial charge on any atom is -0.497 e. The Labute approximate surface area is 189 Å². The first-order valence-electron chi connectivity index (χ1n) is 11.2. The fourth-order valence-electron chi connectivity index (χ4n) is 4.55. The number of benzene rings is 2. The second-order valence-corrected chi connectivity index (χ2v) is 8.97. The molecule has 4 rings (SSSR count). The standard InChI is InChI=1S/C27H32N2O3/c1-4-12-27(28)13-9-23(10-14-27)32-25-17-21-11-15-29(26(30)24(21)16-19(25)2)18-20-5-7-22(31-3)8-6-20/h4-8,11,15-17,23H,1,9-10,12-14,18,28H2,2-3H3. The first kappa shape index (κ1) is 22.2. The van der Waals surface area contributed by atoms with Gasteiger partial charge < -0.3 is 19.8 Å². The van der Waals surface area contributed by atoms with Crippen molar-refractivity contribution in [1.29, 1.82) is 0 Å². The zero-order valence-corrected chi connectivity index (χ0v) is 19.0. The fourth-order valence-corrected chi connectivity index (χ4v) is 4.55. The zero-order chi connectivity index (χ0) is 22.7. The smallest absolute Gasteiger partial charge is 0.258 e. The van der Waals surface area contributed by atoms with E-state index in [9.17, 15) is 4.79 Å². The highest BCUT2D eigenvalue weighted by Crippen LogP contribution is 2.33. The van der Waals surface area contributed by atoms with Gasteiger partial charge in [0.15, 0.2) is 0 Å². The van der Waals surface area contributed by atoms with E-state index in [0.29, 0.717) is 11.9 Å². The van der Waals surface area contributed by atoms with Crippen LogP contribution in [0.4, 0.5) is 0 Å². The molecule has 0 atom stereocenters. The second-order valence-electron chi connectivity index (χ2n) is 8.97. The number of fused-ring (bicyclic) bond motifs is 1. The second kappa shape index (κ2) is 9.21. The molecule has 0 bridgehead atoms. The van der Waals surface area contributed by atoms with Gasteiger partial charge in [0.05, 0.1) is 19.8 Å². The molecule has 0 aliphatic heterocycles. The Morgan fingerprint density at radius 1 is 1.19 bits per heavy atom. The van der Waals surface area contributed by atoms with Crippen molar-refractivity contribution in [3.05, 3.63) is 82.8 Å². The molecule has 168 valence electrons. The number of hydrogen-bond donors (Lipinski definition) is 1. The van der Waals surface area contributed by atoms with E-state index in [0.717, 1.165) is 60.1 Å². The number of methoxy groups -OCH3 is 1. The van der Waals surface area contributed by atoms with Crippen LogP contribution in [0.25, 0.3) is 10.8 Å². The van der Waals surface area contributed by atoms with Gasteiger partial charge in [-0.1, -0.05) is 18.2 Å². The van der Waals surface area contributed by atoms with Crippen molar-refractivity contribution in [3.8, 4) is 11.5 Å². The monoisotopic (exact) mass is 432 g/mol. The summed E-state index contributed by atoms with van der Waals surface area (Å²) in [7, 11) is 1.64. The van der Waals surface area contributed by atoms with E-state index in [1.807, 2.05) is 61.7 Å². The van der Waals surface area contributed by atoms with Crippen molar-refractivity contribution in [2.24, 2.45) is 5.73 Å². The molecule has 0 radical (unpaired) electrons. The van der Waals surface area contributed by atoms with Crippen LogP contribution in [0.5, 0.6) is 11.5 Å². The summed E-state index contributed by atoms with van der Waals surface area (Å²) in [6, 6.07) is 13.7. The molecule has 1 heterocycles. The molecule has 0 amide bonds. The molecule has 0 unspecified atom stereocenters. The Kier molecular flexibility index (Phi) is 6.38. The summed E-state index contributed by atoms with van der Waals surface area (Å²) in [6.07, 6.45) is 8.51. The molecule has 32 heavy (non-hydrogen) atoms.